The maximum absolute atomic E-state index is 13.6. The third-order valence-electron chi connectivity index (χ3n) is 8.04. The van der Waals surface area contributed by atoms with Crippen molar-refractivity contribution >= 4 is 17.6 Å². The molecule has 11 heteroatoms. The lowest BCUT2D eigenvalue weighted by Gasteiger charge is -2.48. The Morgan fingerprint density at radius 1 is 0.857 bits per heavy atom. The van der Waals surface area contributed by atoms with Gasteiger partial charge in [0.25, 0.3) is 0 Å². The Bertz CT molecular complexity index is 1400. The molecule has 8 atom stereocenters. The molecule has 0 saturated carbocycles. The van der Waals surface area contributed by atoms with Crippen molar-refractivity contribution in [1.82, 2.24) is 0 Å². The number of benzene rings is 3. The van der Waals surface area contributed by atoms with E-state index < -0.39 is 66.2 Å². The zero-order chi connectivity index (χ0) is 30.1. The number of β-lactam (4-membered cyclic amide) rings is 1. The van der Waals surface area contributed by atoms with E-state index in [0.29, 0.717) is 23.2 Å². The number of ether oxygens (including phenoxy) is 1. The second-order valence-corrected chi connectivity index (χ2v) is 10.7. The first-order valence-corrected chi connectivity index (χ1v) is 13.6. The van der Waals surface area contributed by atoms with Crippen molar-refractivity contribution in [3.8, 4) is 0 Å². The average molecular weight is 584 g/mol. The van der Waals surface area contributed by atoms with Gasteiger partial charge in [0.15, 0.2) is 6.10 Å². The first-order valence-electron chi connectivity index (χ1n) is 13.6. The van der Waals surface area contributed by atoms with Crippen molar-refractivity contribution in [2.24, 2.45) is 5.92 Å². The third-order valence-corrected chi connectivity index (χ3v) is 8.04. The standard InChI is InChI=1S/C31H31F2NO8/c32-19-7-5-17(6-8-19)23(35)14-13-22-25(34(30(22)39)21-11-9-20(33)10-12-21)18-3-1-16(2-4-18)15-24-26(36)27(37)28(38)29(42-24)31(40)41/h1-12,22-29,35-38H,13-15H2,(H,40,41). The Hall–Kier alpha value is -3.74. The summed E-state index contributed by atoms with van der Waals surface area (Å²) in [5.41, 5.74) is 2.46. The predicted molar refractivity (Wildman–Crippen MR) is 145 cm³/mol. The maximum Gasteiger partial charge on any atom is 0.335 e. The molecule has 1 amide bonds. The van der Waals surface area contributed by atoms with Crippen LogP contribution in [0, 0.1) is 17.6 Å². The largest absolute Gasteiger partial charge is 0.479 e. The van der Waals surface area contributed by atoms with Crippen LogP contribution >= 0.6 is 0 Å². The Morgan fingerprint density at radius 2 is 1.45 bits per heavy atom. The van der Waals surface area contributed by atoms with Crippen LogP contribution in [0.15, 0.2) is 72.8 Å². The minimum Gasteiger partial charge on any atom is -0.479 e. The number of hydrogen-bond acceptors (Lipinski definition) is 7. The van der Waals surface area contributed by atoms with Gasteiger partial charge in [-0.3, -0.25) is 4.79 Å². The summed E-state index contributed by atoms with van der Waals surface area (Å²) in [6.07, 6.45) is -8.01. The molecule has 5 rings (SSSR count). The van der Waals surface area contributed by atoms with Crippen LogP contribution in [-0.2, 0) is 20.7 Å². The molecule has 2 aliphatic rings. The van der Waals surface area contributed by atoms with Gasteiger partial charge >= 0.3 is 5.97 Å². The van der Waals surface area contributed by atoms with E-state index in [1.807, 2.05) is 0 Å². The molecule has 2 heterocycles. The molecule has 3 aromatic carbocycles. The first-order chi connectivity index (χ1) is 20.0. The molecule has 3 aromatic rings. The number of aliphatic carboxylic acids is 1. The van der Waals surface area contributed by atoms with Crippen molar-refractivity contribution in [1.29, 1.82) is 0 Å². The number of halogens is 2. The van der Waals surface area contributed by atoms with Gasteiger partial charge in [0.05, 0.1) is 24.2 Å². The lowest BCUT2D eigenvalue weighted by atomic mass is 9.78. The molecule has 9 nitrogen and oxygen atoms in total. The number of aliphatic hydroxyl groups excluding tert-OH is 4. The monoisotopic (exact) mass is 583 g/mol. The highest BCUT2D eigenvalue weighted by Gasteiger charge is 2.49. The van der Waals surface area contributed by atoms with Gasteiger partial charge in [-0.1, -0.05) is 36.4 Å². The number of carboxylic acid groups (broad SMARTS) is 1. The molecular weight excluding hydrogens is 552 g/mol. The Labute approximate surface area is 240 Å². The number of carboxylic acids is 1. The van der Waals surface area contributed by atoms with Crippen molar-refractivity contribution in [2.75, 3.05) is 4.90 Å². The summed E-state index contributed by atoms with van der Waals surface area (Å²) >= 11 is 0. The zero-order valence-corrected chi connectivity index (χ0v) is 22.3. The van der Waals surface area contributed by atoms with E-state index in [9.17, 15) is 43.9 Å². The summed E-state index contributed by atoms with van der Waals surface area (Å²) in [7, 11) is 0. The maximum atomic E-state index is 13.6. The third kappa shape index (κ3) is 5.92. The van der Waals surface area contributed by atoms with Gasteiger partial charge in [-0.15, -0.1) is 0 Å². The highest BCUT2D eigenvalue weighted by Crippen LogP contribution is 2.46. The smallest absolute Gasteiger partial charge is 0.335 e. The van der Waals surface area contributed by atoms with E-state index in [0.717, 1.165) is 5.56 Å². The normalized spacial score (nSPS) is 28.3. The summed E-state index contributed by atoms with van der Waals surface area (Å²) in [6.45, 7) is 0. The number of amides is 1. The van der Waals surface area contributed by atoms with Crippen molar-refractivity contribution in [3.63, 3.8) is 0 Å². The quantitative estimate of drug-likeness (QED) is 0.242. The average Bonchev–Trinajstić information content (AvgIpc) is 2.97. The van der Waals surface area contributed by atoms with E-state index in [1.165, 1.54) is 48.5 Å². The number of anilines is 1. The van der Waals surface area contributed by atoms with Crippen molar-refractivity contribution in [2.45, 2.75) is 61.9 Å². The Kier molecular flexibility index (Phi) is 8.67. The molecule has 42 heavy (non-hydrogen) atoms. The fourth-order valence-electron chi connectivity index (χ4n) is 5.70. The molecular formula is C31H31F2NO8. The van der Waals surface area contributed by atoms with E-state index in [4.69, 9.17) is 4.74 Å². The van der Waals surface area contributed by atoms with Crippen LogP contribution in [0.3, 0.4) is 0 Å². The van der Waals surface area contributed by atoms with Crippen LogP contribution in [0.25, 0.3) is 0 Å². The van der Waals surface area contributed by atoms with E-state index in [1.54, 1.807) is 29.2 Å². The number of hydrogen-bond donors (Lipinski definition) is 5. The summed E-state index contributed by atoms with van der Waals surface area (Å²) < 4.78 is 32.3. The van der Waals surface area contributed by atoms with Crippen LogP contribution in [0.1, 0.15) is 41.7 Å². The van der Waals surface area contributed by atoms with Crippen LogP contribution in [-0.4, -0.2) is 67.9 Å². The van der Waals surface area contributed by atoms with Crippen LogP contribution in [0.2, 0.25) is 0 Å². The number of carbonyl (C=O) groups is 2. The van der Waals surface area contributed by atoms with E-state index in [2.05, 4.69) is 0 Å². The van der Waals surface area contributed by atoms with Crippen LogP contribution in [0.4, 0.5) is 14.5 Å². The number of nitrogens with zero attached hydrogens (tertiary/aromatic N) is 1. The van der Waals surface area contributed by atoms with Crippen molar-refractivity contribution < 1.29 is 48.6 Å². The van der Waals surface area contributed by atoms with Gasteiger partial charge in [-0.25, -0.2) is 13.6 Å². The Morgan fingerprint density at radius 3 is 2.05 bits per heavy atom. The molecule has 2 fully saturated rings. The fourth-order valence-corrected chi connectivity index (χ4v) is 5.70. The van der Waals surface area contributed by atoms with E-state index >= 15 is 0 Å². The number of carbonyl (C=O) groups excluding carboxylic acids is 1. The lowest BCUT2D eigenvalue weighted by Crippen LogP contribution is -2.60. The second-order valence-electron chi connectivity index (χ2n) is 10.7. The predicted octanol–water partition coefficient (Wildman–Crippen LogP) is 2.66. The SMILES string of the molecule is O=C(O)C1OC(Cc2ccc(C3C(CCC(O)c4ccc(F)cc4)C(=O)N3c3ccc(F)cc3)cc2)C(O)C(O)C1O. The van der Waals surface area contributed by atoms with Crippen LogP contribution < -0.4 is 4.90 Å². The highest BCUT2D eigenvalue weighted by molar-refractivity contribution is 6.03. The minimum absolute atomic E-state index is 0.0492. The van der Waals surface area contributed by atoms with Crippen LogP contribution in [0.5, 0.6) is 0 Å². The Balaban J connectivity index is 1.34. The molecule has 8 unspecified atom stereocenters. The topological polar surface area (TPSA) is 148 Å². The van der Waals surface area contributed by atoms with Gasteiger partial charge in [-0.05, 0) is 65.9 Å². The minimum atomic E-state index is -1.77. The first kappa shape index (κ1) is 29.7. The molecule has 0 radical (unpaired) electrons. The van der Waals surface area contributed by atoms with Gasteiger partial charge in [0, 0.05) is 12.1 Å². The molecule has 222 valence electrons. The molecule has 2 saturated heterocycles. The summed E-state index contributed by atoms with van der Waals surface area (Å²) in [4.78, 5) is 26.3. The van der Waals surface area contributed by atoms with Gasteiger partial charge < -0.3 is 35.2 Å². The second kappa shape index (κ2) is 12.2. The molecule has 0 aliphatic carbocycles. The molecule has 2 aliphatic heterocycles. The van der Waals surface area contributed by atoms with E-state index in [-0.39, 0.29) is 18.7 Å². The zero-order valence-electron chi connectivity index (χ0n) is 22.3. The number of aliphatic hydroxyl groups is 4. The molecule has 0 aromatic heterocycles. The summed E-state index contributed by atoms with van der Waals surface area (Å²) in [5, 5.41) is 50.4. The highest BCUT2D eigenvalue weighted by atomic mass is 19.1. The van der Waals surface area contributed by atoms with Gasteiger partial charge in [0.1, 0.15) is 29.9 Å². The van der Waals surface area contributed by atoms with Gasteiger partial charge in [-0.2, -0.15) is 0 Å². The summed E-state index contributed by atoms with van der Waals surface area (Å²) in [5.74, 6) is -3.00. The van der Waals surface area contributed by atoms with Gasteiger partial charge in [0.2, 0.25) is 5.91 Å². The number of rotatable bonds is 9. The molecule has 0 spiro atoms. The molecule has 5 N–H and O–H groups in total. The fraction of sp³-hybridized carbons (Fsp3) is 0.355. The summed E-state index contributed by atoms with van der Waals surface area (Å²) in [6, 6.07) is 17.7. The van der Waals surface area contributed by atoms with Crippen molar-refractivity contribution in [3.05, 3.63) is 101 Å². The molecule has 0 bridgehead atoms. The lowest BCUT2D eigenvalue weighted by molar-refractivity contribution is -0.227.